The molecule has 0 saturated carbocycles. The van der Waals surface area contributed by atoms with Crippen molar-refractivity contribution >= 4 is 9.84 Å². The van der Waals surface area contributed by atoms with Crippen molar-refractivity contribution in [2.75, 3.05) is 12.4 Å². The van der Waals surface area contributed by atoms with E-state index in [1.54, 1.807) is 0 Å². The molecular formula is C9H18O3S. The second kappa shape index (κ2) is 4.42. The van der Waals surface area contributed by atoms with Crippen molar-refractivity contribution in [3.8, 4) is 0 Å². The zero-order valence-corrected chi connectivity index (χ0v) is 8.89. The molecule has 1 heterocycles. The van der Waals surface area contributed by atoms with Gasteiger partial charge in [-0.25, -0.2) is 8.42 Å². The van der Waals surface area contributed by atoms with Gasteiger partial charge in [0.25, 0.3) is 0 Å². The molecule has 2 atom stereocenters. The molecule has 0 aromatic heterocycles. The Balaban J connectivity index is 2.68. The van der Waals surface area contributed by atoms with E-state index >= 15 is 0 Å². The highest BCUT2D eigenvalue weighted by Crippen LogP contribution is 2.30. The molecule has 2 unspecified atom stereocenters. The quantitative estimate of drug-likeness (QED) is 0.745. The van der Waals surface area contributed by atoms with Crippen molar-refractivity contribution in [3.05, 3.63) is 0 Å². The van der Waals surface area contributed by atoms with Gasteiger partial charge in [-0.2, -0.15) is 0 Å². The molecule has 0 spiro atoms. The van der Waals surface area contributed by atoms with Gasteiger partial charge in [0.05, 0.1) is 11.0 Å². The predicted molar refractivity (Wildman–Crippen MR) is 52.3 cm³/mol. The molecule has 78 valence electrons. The number of hydrogen-bond acceptors (Lipinski definition) is 3. The number of sulfone groups is 1. The third kappa shape index (κ3) is 2.44. The summed E-state index contributed by atoms with van der Waals surface area (Å²) >= 11 is 0. The highest BCUT2D eigenvalue weighted by Gasteiger charge is 2.36. The summed E-state index contributed by atoms with van der Waals surface area (Å²) in [6.07, 6.45) is 3.07. The fraction of sp³-hybridized carbons (Fsp3) is 1.00. The Kier molecular flexibility index (Phi) is 3.74. The van der Waals surface area contributed by atoms with E-state index in [0.29, 0.717) is 12.2 Å². The van der Waals surface area contributed by atoms with Crippen LogP contribution in [0.3, 0.4) is 0 Å². The van der Waals surface area contributed by atoms with Crippen LogP contribution < -0.4 is 0 Å². The van der Waals surface area contributed by atoms with Crippen LogP contribution in [0.2, 0.25) is 0 Å². The lowest BCUT2D eigenvalue weighted by Gasteiger charge is -2.19. The first-order chi connectivity index (χ1) is 6.11. The van der Waals surface area contributed by atoms with Gasteiger partial charge < -0.3 is 5.11 Å². The van der Waals surface area contributed by atoms with E-state index in [-0.39, 0.29) is 17.8 Å². The van der Waals surface area contributed by atoms with E-state index in [1.165, 1.54) is 0 Å². The minimum Gasteiger partial charge on any atom is -0.396 e. The van der Waals surface area contributed by atoms with Gasteiger partial charge in [0.1, 0.15) is 0 Å². The number of hydrogen-bond donors (Lipinski definition) is 1. The summed E-state index contributed by atoms with van der Waals surface area (Å²) in [5, 5.41) is 8.63. The molecule has 0 amide bonds. The molecule has 1 N–H and O–H groups in total. The molecule has 0 aliphatic carbocycles. The minimum absolute atomic E-state index is 0.102. The minimum atomic E-state index is -2.83. The standard InChI is InChI=1S/C9H18O3S/c1-2-8(5-6-10)9-4-3-7-13(9,11)12/h8-10H,2-7H2,1H3. The molecule has 4 heteroatoms. The summed E-state index contributed by atoms with van der Waals surface area (Å²) in [4.78, 5) is 0. The summed E-state index contributed by atoms with van der Waals surface area (Å²) in [5.41, 5.74) is 0. The van der Waals surface area contributed by atoms with Crippen LogP contribution in [0.5, 0.6) is 0 Å². The van der Waals surface area contributed by atoms with Crippen LogP contribution in [0.1, 0.15) is 32.6 Å². The summed E-state index contributed by atoms with van der Waals surface area (Å²) in [7, 11) is -2.83. The molecule has 0 bridgehead atoms. The summed E-state index contributed by atoms with van der Waals surface area (Å²) < 4.78 is 23.1. The zero-order chi connectivity index (χ0) is 9.90. The van der Waals surface area contributed by atoms with E-state index in [1.807, 2.05) is 6.92 Å². The van der Waals surface area contributed by atoms with Gasteiger partial charge in [-0.1, -0.05) is 13.3 Å². The smallest absolute Gasteiger partial charge is 0.153 e. The lowest BCUT2D eigenvalue weighted by molar-refractivity contribution is 0.250. The van der Waals surface area contributed by atoms with Crippen LogP contribution in [0.15, 0.2) is 0 Å². The molecule has 1 fully saturated rings. The first-order valence-corrected chi connectivity index (χ1v) is 6.65. The molecule has 1 saturated heterocycles. The van der Waals surface area contributed by atoms with Crippen LogP contribution in [0, 0.1) is 5.92 Å². The van der Waals surface area contributed by atoms with E-state index in [0.717, 1.165) is 19.3 Å². The monoisotopic (exact) mass is 206 g/mol. The lowest BCUT2D eigenvalue weighted by atomic mass is 9.96. The number of aliphatic hydroxyl groups excluding tert-OH is 1. The maximum Gasteiger partial charge on any atom is 0.153 e. The number of aliphatic hydroxyl groups is 1. The Hall–Kier alpha value is -0.0900. The molecule has 0 radical (unpaired) electrons. The van der Waals surface area contributed by atoms with Gasteiger partial charge in [-0.3, -0.25) is 0 Å². The SMILES string of the molecule is CCC(CCO)C1CCCS1(=O)=O. The van der Waals surface area contributed by atoms with Crippen molar-refractivity contribution in [2.24, 2.45) is 5.92 Å². The molecule has 0 aromatic rings. The normalized spacial score (nSPS) is 28.9. The highest BCUT2D eigenvalue weighted by atomic mass is 32.2. The summed E-state index contributed by atoms with van der Waals surface area (Å²) in [5.74, 6) is 0.511. The van der Waals surface area contributed by atoms with E-state index in [9.17, 15) is 8.42 Å². The Morgan fingerprint density at radius 2 is 2.23 bits per heavy atom. The van der Waals surface area contributed by atoms with Crippen molar-refractivity contribution in [2.45, 2.75) is 37.9 Å². The predicted octanol–water partition coefficient (Wildman–Crippen LogP) is 0.972. The maximum absolute atomic E-state index is 11.6. The summed E-state index contributed by atoms with van der Waals surface area (Å²) in [6, 6.07) is 0. The first kappa shape index (κ1) is 11.0. The second-order valence-electron chi connectivity index (χ2n) is 3.73. The third-order valence-corrected chi connectivity index (χ3v) is 5.33. The van der Waals surface area contributed by atoms with Gasteiger partial charge in [-0.05, 0) is 25.2 Å². The topological polar surface area (TPSA) is 54.4 Å². The molecule has 1 rings (SSSR count). The van der Waals surface area contributed by atoms with Gasteiger partial charge in [0, 0.05) is 6.61 Å². The average molecular weight is 206 g/mol. The van der Waals surface area contributed by atoms with Crippen molar-refractivity contribution < 1.29 is 13.5 Å². The Bertz CT molecular complexity index is 246. The first-order valence-electron chi connectivity index (χ1n) is 4.94. The van der Waals surface area contributed by atoms with E-state index < -0.39 is 9.84 Å². The average Bonchev–Trinajstić information content (AvgIpc) is 2.41. The molecule has 1 aliphatic rings. The molecule has 3 nitrogen and oxygen atoms in total. The van der Waals surface area contributed by atoms with Gasteiger partial charge in [0.15, 0.2) is 9.84 Å². The Morgan fingerprint density at radius 3 is 2.62 bits per heavy atom. The van der Waals surface area contributed by atoms with Gasteiger partial charge in [-0.15, -0.1) is 0 Å². The highest BCUT2D eigenvalue weighted by molar-refractivity contribution is 7.92. The molecular weight excluding hydrogens is 188 g/mol. The second-order valence-corrected chi connectivity index (χ2v) is 6.07. The van der Waals surface area contributed by atoms with Gasteiger partial charge in [0.2, 0.25) is 0 Å². The van der Waals surface area contributed by atoms with Crippen LogP contribution >= 0.6 is 0 Å². The van der Waals surface area contributed by atoms with Crippen molar-refractivity contribution in [1.82, 2.24) is 0 Å². The number of rotatable bonds is 4. The van der Waals surface area contributed by atoms with Crippen LogP contribution in [0.25, 0.3) is 0 Å². The third-order valence-electron chi connectivity index (χ3n) is 2.93. The summed E-state index contributed by atoms with van der Waals surface area (Å²) in [6.45, 7) is 2.10. The van der Waals surface area contributed by atoms with E-state index in [4.69, 9.17) is 5.11 Å². The van der Waals surface area contributed by atoms with E-state index in [2.05, 4.69) is 0 Å². The zero-order valence-electron chi connectivity index (χ0n) is 8.07. The van der Waals surface area contributed by atoms with Crippen LogP contribution in [-0.4, -0.2) is 31.1 Å². The van der Waals surface area contributed by atoms with Crippen LogP contribution in [0.4, 0.5) is 0 Å². The van der Waals surface area contributed by atoms with Gasteiger partial charge >= 0.3 is 0 Å². The largest absolute Gasteiger partial charge is 0.396 e. The van der Waals surface area contributed by atoms with Crippen LogP contribution in [-0.2, 0) is 9.84 Å². The van der Waals surface area contributed by atoms with Crippen molar-refractivity contribution in [3.63, 3.8) is 0 Å². The maximum atomic E-state index is 11.6. The molecule has 0 aromatic carbocycles. The lowest BCUT2D eigenvalue weighted by Crippen LogP contribution is -2.26. The van der Waals surface area contributed by atoms with Crippen molar-refractivity contribution in [1.29, 1.82) is 0 Å². The fourth-order valence-corrected chi connectivity index (χ4v) is 4.48. The molecule has 13 heavy (non-hydrogen) atoms. The molecule has 1 aliphatic heterocycles. The fourth-order valence-electron chi connectivity index (χ4n) is 2.16. The Morgan fingerprint density at radius 1 is 1.54 bits per heavy atom. The Labute approximate surface area is 80.1 Å².